The first kappa shape index (κ1) is 34.0. The number of primary amides is 1. The van der Waals surface area contributed by atoms with Crippen LogP contribution < -0.4 is 38.9 Å². The standard InChI is InChI=1S/C28H38N8O7/c29-19(13-17-8-10-18(37)11-9-17)24(39)35-21(15-23(30)38)26(41)34-20(7-4-12-33-28(31)32)25(40)36-22(27(42)43)14-16-5-2-1-3-6-16/h1-3,5-6,8-11,19-22,37H,4,7,12-15,29H2,(H2,30,38)(H,34,41)(H,35,39)(H,36,40)(H,42,43)(H4,31,32,33). The minimum Gasteiger partial charge on any atom is -0.508 e. The molecular weight excluding hydrogens is 560 g/mol. The van der Waals surface area contributed by atoms with Gasteiger partial charge in [-0.15, -0.1) is 0 Å². The average Bonchev–Trinajstić information content (AvgIpc) is 2.95. The average molecular weight is 599 g/mol. The van der Waals surface area contributed by atoms with Crippen molar-refractivity contribution < 1.29 is 34.2 Å². The van der Waals surface area contributed by atoms with Crippen molar-refractivity contribution in [1.29, 1.82) is 0 Å². The van der Waals surface area contributed by atoms with Crippen LogP contribution in [0.3, 0.4) is 0 Å². The summed E-state index contributed by atoms with van der Waals surface area (Å²) in [6.45, 7) is 0.113. The predicted molar refractivity (Wildman–Crippen MR) is 157 cm³/mol. The number of nitrogens with zero attached hydrogens (tertiary/aromatic N) is 1. The molecule has 0 bridgehead atoms. The monoisotopic (exact) mass is 598 g/mol. The molecule has 0 spiro atoms. The zero-order chi connectivity index (χ0) is 31.9. The summed E-state index contributed by atoms with van der Waals surface area (Å²) < 4.78 is 0. The number of phenolic OH excluding ortho intramolecular Hbond substituents is 1. The molecule has 0 heterocycles. The number of nitrogens with one attached hydrogen (secondary N) is 3. The molecule has 0 aliphatic carbocycles. The molecule has 4 unspecified atom stereocenters. The molecule has 2 aromatic rings. The molecule has 0 saturated heterocycles. The normalized spacial score (nSPS) is 13.4. The fourth-order valence-corrected chi connectivity index (χ4v) is 4.03. The number of aliphatic carboxylic acids is 1. The van der Waals surface area contributed by atoms with Crippen LogP contribution in [0.1, 0.15) is 30.4 Å². The second-order valence-corrected chi connectivity index (χ2v) is 9.81. The van der Waals surface area contributed by atoms with Gasteiger partial charge < -0.3 is 49.1 Å². The summed E-state index contributed by atoms with van der Waals surface area (Å²) in [4.78, 5) is 66.7. The topological polar surface area (TPSA) is 278 Å². The molecule has 0 aliphatic heterocycles. The van der Waals surface area contributed by atoms with Crippen LogP contribution in [0.4, 0.5) is 0 Å². The van der Waals surface area contributed by atoms with E-state index in [0.29, 0.717) is 11.1 Å². The number of aliphatic imine (C=N–C) groups is 1. The summed E-state index contributed by atoms with van der Waals surface area (Å²) >= 11 is 0. The molecule has 2 rings (SSSR count). The minimum atomic E-state index is -1.48. The van der Waals surface area contributed by atoms with Crippen LogP contribution in [0, 0.1) is 0 Å². The maximum atomic E-state index is 13.2. The van der Waals surface area contributed by atoms with Gasteiger partial charge in [0, 0.05) is 13.0 Å². The van der Waals surface area contributed by atoms with Gasteiger partial charge in [0.2, 0.25) is 23.6 Å². The predicted octanol–water partition coefficient (Wildman–Crippen LogP) is -2.03. The number of hydrogen-bond donors (Lipinski definition) is 9. The number of phenols is 1. The summed E-state index contributed by atoms with van der Waals surface area (Å²) in [5.41, 5.74) is 23.3. The number of amides is 4. The molecule has 4 amide bonds. The van der Waals surface area contributed by atoms with E-state index in [9.17, 15) is 34.2 Å². The Labute approximate surface area is 248 Å². The minimum absolute atomic E-state index is 0.0103. The number of benzene rings is 2. The quantitative estimate of drug-likeness (QED) is 0.0547. The smallest absolute Gasteiger partial charge is 0.326 e. The van der Waals surface area contributed by atoms with Crippen LogP contribution in [-0.4, -0.2) is 76.5 Å². The fourth-order valence-electron chi connectivity index (χ4n) is 4.03. The van der Waals surface area contributed by atoms with Gasteiger partial charge in [0.15, 0.2) is 5.96 Å². The Balaban J connectivity index is 2.17. The molecule has 232 valence electrons. The summed E-state index contributed by atoms with van der Waals surface area (Å²) in [5, 5.41) is 26.4. The molecule has 0 aromatic heterocycles. The van der Waals surface area contributed by atoms with Crippen LogP contribution >= 0.6 is 0 Å². The largest absolute Gasteiger partial charge is 0.508 e. The van der Waals surface area contributed by atoms with Gasteiger partial charge in [-0.2, -0.15) is 0 Å². The van der Waals surface area contributed by atoms with Crippen molar-refractivity contribution in [3.63, 3.8) is 0 Å². The number of aromatic hydroxyl groups is 1. The van der Waals surface area contributed by atoms with E-state index in [2.05, 4.69) is 20.9 Å². The first-order valence-corrected chi connectivity index (χ1v) is 13.4. The van der Waals surface area contributed by atoms with Crippen LogP contribution in [0.25, 0.3) is 0 Å². The lowest BCUT2D eigenvalue weighted by molar-refractivity contribution is -0.142. The highest BCUT2D eigenvalue weighted by atomic mass is 16.4. The summed E-state index contributed by atoms with van der Waals surface area (Å²) in [7, 11) is 0. The van der Waals surface area contributed by atoms with Crippen LogP contribution in [0.5, 0.6) is 5.75 Å². The highest BCUT2D eigenvalue weighted by Crippen LogP contribution is 2.11. The Morgan fingerprint density at radius 1 is 0.744 bits per heavy atom. The second-order valence-electron chi connectivity index (χ2n) is 9.81. The molecular formula is C28H38N8O7. The van der Waals surface area contributed by atoms with Crippen molar-refractivity contribution in [2.75, 3.05) is 6.54 Å². The Morgan fingerprint density at radius 3 is 1.88 bits per heavy atom. The molecule has 15 heteroatoms. The third kappa shape index (κ3) is 12.5. The van der Waals surface area contributed by atoms with E-state index in [-0.39, 0.29) is 43.9 Å². The molecule has 0 radical (unpaired) electrons. The highest BCUT2D eigenvalue weighted by Gasteiger charge is 2.31. The van der Waals surface area contributed by atoms with E-state index in [1.807, 2.05) is 0 Å². The number of carboxylic acid groups (broad SMARTS) is 1. The van der Waals surface area contributed by atoms with Crippen LogP contribution in [-0.2, 0) is 36.8 Å². The molecule has 0 aliphatic rings. The molecule has 4 atom stereocenters. The van der Waals surface area contributed by atoms with E-state index in [4.69, 9.17) is 22.9 Å². The molecule has 13 N–H and O–H groups in total. The highest BCUT2D eigenvalue weighted by molar-refractivity contribution is 5.96. The number of hydrogen-bond acceptors (Lipinski definition) is 8. The molecule has 43 heavy (non-hydrogen) atoms. The Morgan fingerprint density at radius 2 is 1.30 bits per heavy atom. The number of guanidine groups is 1. The van der Waals surface area contributed by atoms with Crippen molar-refractivity contribution in [1.82, 2.24) is 16.0 Å². The van der Waals surface area contributed by atoms with Gasteiger partial charge >= 0.3 is 5.97 Å². The van der Waals surface area contributed by atoms with Crippen molar-refractivity contribution in [3.05, 3.63) is 65.7 Å². The Bertz CT molecular complexity index is 1280. The summed E-state index contributed by atoms with van der Waals surface area (Å²) in [6.07, 6.45) is -0.348. The van der Waals surface area contributed by atoms with Gasteiger partial charge in [0.05, 0.1) is 12.5 Å². The van der Waals surface area contributed by atoms with Gasteiger partial charge in [-0.25, -0.2) is 4.79 Å². The fraction of sp³-hybridized carbons (Fsp3) is 0.357. The SMILES string of the molecule is NC(=O)CC(NC(=O)C(N)Cc1ccc(O)cc1)C(=O)NC(CCCN=C(N)N)C(=O)NC(Cc1ccccc1)C(=O)O. The number of carbonyl (C=O) groups is 5. The van der Waals surface area contributed by atoms with Gasteiger partial charge in [0.1, 0.15) is 23.9 Å². The van der Waals surface area contributed by atoms with Crippen molar-refractivity contribution in [2.24, 2.45) is 27.9 Å². The van der Waals surface area contributed by atoms with Gasteiger partial charge in [0.25, 0.3) is 0 Å². The Hall–Kier alpha value is -5.18. The second kappa shape index (κ2) is 16.9. The molecule has 15 nitrogen and oxygen atoms in total. The van der Waals surface area contributed by atoms with E-state index in [1.165, 1.54) is 12.1 Å². The number of carbonyl (C=O) groups excluding carboxylic acids is 4. The summed E-state index contributed by atoms with van der Waals surface area (Å²) in [5.74, 6) is -4.83. The third-order valence-electron chi connectivity index (χ3n) is 6.24. The molecule has 2 aromatic carbocycles. The number of rotatable bonds is 17. The maximum Gasteiger partial charge on any atom is 0.326 e. The lowest BCUT2D eigenvalue weighted by Crippen LogP contribution is -2.58. The molecule has 0 fully saturated rings. The Kier molecular flexibility index (Phi) is 13.4. The van der Waals surface area contributed by atoms with E-state index in [1.54, 1.807) is 42.5 Å². The van der Waals surface area contributed by atoms with Gasteiger partial charge in [-0.05, 0) is 42.5 Å². The van der Waals surface area contributed by atoms with Crippen molar-refractivity contribution >= 4 is 35.6 Å². The lowest BCUT2D eigenvalue weighted by Gasteiger charge is -2.25. The van der Waals surface area contributed by atoms with E-state index < -0.39 is 60.2 Å². The summed E-state index contributed by atoms with van der Waals surface area (Å²) in [6, 6.07) is 9.44. The first-order valence-electron chi connectivity index (χ1n) is 13.4. The number of nitrogens with two attached hydrogens (primary N) is 4. The maximum absolute atomic E-state index is 13.2. The van der Waals surface area contributed by atoms with E-state index >= 15 is 0 Å². The molecule has 0 saturated carbocycles. The zero-order valence-corrected chi connectivity index (χ0v) is 23.4. The lowest BCUT2D eigenvalue weighted by atomic mass is 10.0. The first-order chi connectivity index (χ1) is 20.3. The van der Waals surface area contributed by atoms with E-state index in [0.717, 1.165) is 0 Å². The third-order valence-corrected chi connectivity index (χ3v) is 6.24. The zero-order valence-electron chi connectivity index (χ0n) is 23.4. The van der Waals surface area contributed by atoms with Crippen LogP contribution in [0.15, 0.2) is 59.6 Å². The van der Waals surface area contributed by atoms with Gasteiger partial charge in [-0.1, -0.05) is 42.5 Å². The number of carboxylic acids is 1. The van der Waals surface area contributed by atoms with Crippen LogP contribution in [0.2, 0.25) is 0 Å². The van der Waals surface area contributed by atoms with Crippen molar-refractivity contribution in [3.8, 4) is 5.75 Å². The van der Waals surface area contributed by atoms with Gasteiger partial charge in [-0.3, -0.25) is 24.2 Å². The van der Waals surface area contributed by atoms with Crippen molar-refractivity contribution in [2.45, 2.75) is 56.3 Å².